The second-order valence-electron chi connectivity index (χ2n) is 4.80. The summed E-state index contributed by atoms with van der Waals surface area (Å²) in [5.74, 6) is -0.366. The largest absolute Gasteiger partial charge is 0.396 e. The van der Waals surface area contributed by atoms with Crippen molar-refractivity contribution in [1.82, 2.24) is 5.32 Å². The minimum absolute atomic E-state index is 0.0716. The number of carbonyl (C=O) groups is 1. The molecule has 0 aliphatic heterocycles. The molecule has 0 aliphatic rings. The molecule has 0 bridgehead atoms. The molecule has 18 heavy (non-hydrogen) atoms. The van der Waals surface area contributed by atoms with Gasteiger partial charge in [0.2, 0.25) is 5.91 Å². The van der Waals surface area contributed by atoms with Gasteiger partial charge in [0.25, 0.3) is 0 Å². The molecule has 0 aliphatic carbocycles. The van der Waals surface area contributed by atoms with E-state index in [1.165, 1.54) is 16.7 Å². The molecule has 0 spiro atoms. The third-order valence-electron chi connectivity index (χ3n) is 3.71. The van der Waals surface area contributed by atoms with Crippen molar-refractivity contribution in [3.8, 4) is 0 Å². The maximum absolute atomic E-state index is 11.8. The fourth-order valence-corrected chi connectivity index (χ4v) is 1.93. The summed E-state index contributed by atoms with van der Waals surface area (Å²) in [5, 5.41) is 12.0. The van der Waals surface area contributed by atoms with E-state index in [-0.39, 0.29) is 18.4 Å². The van der Waals surface area contributed by atoms with E-state index >= 15 is 0 Å². The van der Waals surface area contributed by atoms with Crippen molar-refractivity contribution in [3.05, 3.63) is 34.4 Å². The summed E-state index contributed by atoms with van der Waals surface area (Å²) in [6.07, 6.45) is 0.661. The highest BCUT2D eigenvalue weighted by Crippen LogP contribution is 2.17. The Balaban J connectivity index is 2.70. The lowest BCUT2D eigenvalue weighted by Crippen LogP contribution is -2.32. The van der Waals surface area contributed by atoms with Gasteiger partial charge in [0, 0.05) is 6.54 Å². The van der Waals surface area contributed by atoms with Gasteiger partial charge in [-0.2, -0.15) is 0 Å². The predicted molar refractivity (Wildman–Crippen MR) is 73.4 cm³/mol. The van der Waals surface area contributed by atoms with E-state index < -0.39 is 0 Å². The van der Waals surface area contributed by atoms with Gasteiger partial charge in [-0.3, -0.25) is 4.79 Å². The molecule has 0 saturated heterocycles. The number of hydrogen-bond acceptors (Lipinski definition) is 2. The highest BCUT2D eigenvalue weighted by molar-refractivity contribution is 5.78. The number of aryl methyl sites for hydroxylation is 1. The first-order chi connectivity index (χ1) is 8.51. The predicted octanol–water partition coefficient (Wildman–Crippen LogP) is 2.25. The molecule has 1 aromatic carbocycles. The van der Waals surface area contributed by atoms with E-state index in [1.54, 1.807) is 0 Å². The molecule has 0 fully saturated rings. The first-order valence-corrected chi connectivity index (χ1v) is 6.45. The molecular formula is C15H23NO2. The molecule has 0 radical (unpaired) electrons. The van der Waals surface area contributed by atoms with Crippen LogP contribution >= 0.6 is 0 Å². The normalized spacial score (nSPS) is 12.3. The highest BCUT2D eigenvalue weighted by Gasteiger charge is 2.15. The SMILES string of the molecule is CCC(CO)C(=O)NCc1ccc(C)c(C)c1C. The summed E-state index contributed by atoms with van der Waals surface area (Å²) in [7, 11) is 0. The zero-order valence-corrected chi connectivity index (χ0v) is 11.7. The number of carbonyl (C=O) groups excluding carboxylic acids is 1. The van der Waals surface area contributed by atoms with Crippen LogP contribution < -0.4 is 5.32 Å². The van der Waals surface area contributed by atoms with Gasteiger partial charge in [0.05, 0.1) is 12.5 Å². The molecular weight excluding hydrogens is 226 g/mol. The van der Waals surface area contributed by atoms with Gasteiger partial charge < -0.3 is 10.4 Å². The van der Waals surface area contributed by atoms with Crippen LogP contribution in [0.5, 0.6) is 0 Å². The summed E-state index contributed by atoms with van der Waals surface area (Å²) >= 11 is 0. The summed E-state index contributed by atoms with van der Waals surface area (Å²) < 4.78 is 0. The van der Waals surface area contributed by atoms with Crippen LogP contribution in [0.1, 0.15) is 35.6 Å². The summed E-state index contributed by atoms with van der Waals surface area (Å²) in [6, 6.07) is 4.13. The van der Waals surface area contributed by atoms with Gasteiger partial charge >= 0.3 is 0 Å². The first kappa shape index (κ1) is 14.7. The van der Waals surface area contributed by atoms with Gasteiger partial charge in [-0.1, -0.05) is 19.1 Å². The van der Waals surface area contributed by atoms with Crippen LogP contribution in [-0.4, -0.2) is 17.6 Å². The summed E-state index contributed by atoms with van der Waals surface area (Å²) in [6.45, 7) is 8.60. The molecule has 1 atom stereocenters. The molecule has 1 aromatic rings. The van der Waals surface area contributed by atoms with E-state index in [1.807, 2.05) is 6.92 Å². The molecule has 0 aromatic heterocycles. The Morgan fingerprint density at radius 1 is 1.28 bits per heavy atom. The van der Waals surface area contributed by atoms with Crippen LogP contribution in [0.3, 0.4) is 0 Å². The Morgan fingerprint density at radius 3 is 2.50 bits per heavy atom. The maximum atomic E-state index is 11.8. The number of nitrogens with one attached hydrogen (secondary N) is 1. The number of amides is 1. The van der Waals surface area contributed by atoms with Crippen molar-refractivity contribution < 1.29 is 9.90 Å². The molecule has 3 nitrogen and oxygen atoms in total. The second-order valence-corrected chi connectivity index (χ2v) is 4.80. The van der Waals surface area contributed by atoms with Crippen LogP contribution in [0.2, 0.25) is 0 Å². The first-order valence-electron chi connectivity index (χ1n) is 6.45. The summed E-state index contributed by atoms with van der Waals surface area (Å²) in [5.41, 5.74) is 4.91. The van der Waals surface area contributed by atoms with Crippen LogP contribution in [0, 0.1) is 26.7 Å². The van der Waals surface area contributed by atoms with E-state index in [4.69, 9.17) is 5.11 Å². The van der Waals surface area contributed by atoms with E-state index in [2.05, 4.69) is 38.2 Å². The Bertz CT molecular complexity index is 423. The number of aliphatic hydroxyl groups is 1. The lowest BCUT2D eigenvalue weighted by atomic mass is 9.98. The van der Waals surface area contributed by atoms with Crippen LogP contribution in [-0.2, 0) is 11.3 Å². The van der Waals surface area contributed by atoms with Crippen molar-refractivity contribution in [2.75, 3.05) is 6.61 Å². The van der Waals surface area contributed by atoms with Crippen molar-refractivity contribution in [2.24, 2.45) is 5.92 Å². The Kier molecular flexibility index (Phi) is 5.35. The number of rotatable bonds is 5. The lowest BCUT2D eigenvalue weighted by molar-refractivity contribution is -0.126. The van der Waals surface area contributed by atoms with Gasteiger partial charge in [0.15, 0.2) is 0 Å². The number of aliphatic hydroxyl groups excluding tert-OH is 1. The van der Waals surface area contributed by atoms with Gasteiger partial charge in [-0.05, 0) is 49.4 Å². The monoisotopic (exact) mass is 249 g/mol. The summed E-state index contributed by atoms with van der Waals surface area (Å²) in [4.78, 5) is 11.8. The van der Waals surface area contributed by atoms with Gasteiger partial charge in [-0.15, -0.1) is 0 Å². The molecule has 1 unspecified atom stereocenters. The van der Waals surface area contributed by atoms with Crippen LogP contribution in [0.15, 0.2) is 12.1 Å². The maximum Gasteiger partial charge on any atom is 0.225 e. The standard InChI is InChI=1S/C15H23NO2/c1-5-13(9-17)15(18)16-8-14-7-6-10(2)11(3)12(14)4/h6-7,13,17H,5,8-9H2,1-4H3,(H,16,18). The molecule has 0 heterocycles. The quantitative estimate of drug-likeness (QED) is 0.841. The molecule has 2 N–H and O–H groups in total. The zero-order chi connectivity index (χ0) is 13.7. The Labute approximate surface area is 109 Å². The average Bonchev–Trinajstić information content (AvgIpc) is 2.36. The fraction of sp³-hybridized carbons (Fsp3) is 0.533. The highest BCUT2D eigenvalue weighted by atomic mass is 16.3. The lowest BCUT2D eigenvalue weighted by Gasteiger charge is -2.15. The Morgan fingerprint density at radius 2 is 1.94 bits per heavy atom. The zero-order valence-electron chi connectivity index (χ0n) is 11.7. The third-order valence-corrected chi connectivity index (χ3v) is 3.71. The minimum atomic E-state index is -0.295. The van der Waals surface area contributed by atoms with Crippen molar-refractivity contribution >= 4 is 5.91 Å². The molecule has 0 saturated carbocycles. The van der Waals surface area contributed by atoms with Crippen molar-refractivity contribution in [3.63, 3.8) is 0 Å². The van der Waals surface area contributed by atoms with Crippen LogP contribution in [0.4, 0.5) is 0 Å². The smallest absolute Gasteiger partial charge is 0.225 e. The second kappa shape index (κ2) is 6.55. The van der Waals surface area contributed by atoms with E-state index in [9.17, 15) is 4.79 Å². The van der Waals surface area contributed by atoms with Gasteiger partial charge in [-0.25, -0.2) is 0 Å². The average molecular weight is 249 g/mol. The molecule has 3 heteroatoms. The number of benzene rings is 1. The van der Waals surface area contributed by atoms with Crippen molar-refractivity contribution in [1.29, 1.82) is 0 Å². The van der Waals surface area contributed by atoms with E-state index in [0.717, 1.165) is 5.56 Å². The molecule has 1 amide bonds. The Hall–Kier alpha value is -1.35. The topological polar surface area (TPSA) is 49.3 Å². The molecule has 100 valence electrons. The number of hydrogen-bond donors (Lipinski definition) is 2. The van der Waals surface area contributed by atoms with E-state index in [0.29, 0.717) is 13.0 Å². The van der Waals surface area contributed by atoms with Crippen LogP contribution in [0.25, 0.3) is 0 Å². The fourth-order valence-electron chi connectivity index (χ4n) is 1.93. The third kappa shape index (κ3) is 3.33. The minimum Gasteiger partial charge on any atom is -0.396 e. The van der Waals surface area contributed by atoms with Gasteiger partial charge in [0.1, 0.15) is 0 Å². The molecule has 1 rings (SSSR count). The van der Waals surface area contributed by atoms with Crippen molar-refractivity contribution in [2.45, 2.75) is 40.7 Å².